The van der Waals surface area contributed by atoms with Gasteiger partial charge < -0.3 is 10.1 Å². The first-order valence-electron chi connectivity index (χ1n) is 11.0. The maximum atomic E-state index is 6.35. The van der Waals surface area contributed by atoms with Gasteiger partial charge in [-0.05, 0) is 41.8 Å². The molecular weight excluding hydrogens is 449 g/mol. The standard InChI is InChI=1S/C26H29Cl2NO.ClH/c27-21-14-12-20(25(28)16-21)18-30-26-15-13-19-8-6-7-11-23(19)24(26)17-29-22-9-4-2-1-3-5-10-22;/h6-8,11-16,22,29H,1-5,9-10,17-18H2;1H. The lowest BCUT2D eigenvalue weighted by Gasteiger charge is -2.22. The predicted octanol–water partition coefficient (Wildman–Crippen LogP) is 8.35. The fraction of sp³-hybridized carbons (Fsp3) is 0.385. The Kier molecular flexibility index (Phi) is 9.34. The fourth-order valence-corrected chi connectivity index (χ4v) is 4.80. The second-order valence-electron chi connectivity index (χ2n) is 8.21. The van der Waals surface area contributed by atoms with Gasteiger partial charge in [-0.3, -0.25) is 0 Å². The van der Waals surface area contributed by atoms with E-state index < -0.39 is 0 Å². The Hall–Kier alpha value is -1.45. The van der Waals surface area contributed by atoms with Gasteiger partial charge in [0.1, 0.15) is 12.4 Å². The van der Waals surface area contributed by atoms with Crippen molar-refractivity contribution in [3.05, 3.63) is 75.8 Å². The van der Waals surface area contributed by atoms with Crippen molar-refractivity contribution < 1.29 is 4.74 Å². The van der Waals surface area contributed by atoms with Crippen molar-refractivity contribution >= 4 is 46.4 Å². The van der Waals surface area contributed by atoms with Crippen molar-refractivity contribution in [2.75, 3.05) is 0 Å². The van der Waals surface area contributed by atoms with Crippen LogP contribution in [0.1, 0.15) is 56.1 Å². The molecule has 0 heterocycles. The molecule has 3 aromatic carbocycles. The summed E-state index contributed by atoms with van der Waals surface area (Å²) in [6, 6.07) is 18.9. The lowest BCUT2D eigenvalue weighted by molar-refractivity contribution is 0.301. The van der Waals surface area contributed by atoms with Gasteiger partial charge in [-0.1, -0.05) is 91.7 Å². The van der Waals surface area contributed by atoms with Crippen LogP contribution in [0.15, 0.2) is 54.6 Å². The number of hydrogen-bond donors (Lipinski definition) is 1. The predicted molar refractivity (Wildman–Crippen MR) is 135 cm³/mol. The Morgan fingerprint density at radius 2 is 1.61 bits per heavy atom. The van der Waals surface area contributed by atoms with Gasteiger partial charge in [0.15, 0.2) is 0 Å². The van der Waals surface area contributed by atoms with Crippen molar-refractivity contribution in [3.63, 3.8) is 0 Å². The third kappa shape index (κ3) is 6.52. The highest BCUT2D eigenvalue weighted by Gasteiger charge is 2.14. The van der Waals surface area contributed by atoms with Crippen LogP contribution >= 0.6 is 35.6 Å². The second kappa shape index (κ2) is 12.0. The molecule has 1 saturated carbocycles. The van der Waals surface area contributed by atoms with E-state index in [2.05, 4.69) is 41.7 Å². The van der Waals surface area contributed by atoms with E-state index in [0.717, 1.165) is 17.9 Å². The molecule has 0 radical (unpaired) electrons. The first-order chi connectivity index (χ1) is 14.7. The van der Waals surface area contributed by atoms with E-state index in [1.807, 2.05) is 12.1 Å². The zero-order chi connectivity index (χ0) is 20.8. The summed E-state index contributed by atoms with van der Waals surface area (Å²) in [4.78, 5) is 0. The summed E-state index contributed by atoms with van der Waals surface area (Å²) < 4.78 is 6.27. The molecule has 2 nitrogen and oxygen atoms in total. The summed E-state index contributed by atoms with van der Waals surface area (Å²) in [6.07, 6.45) is 9.30. The molecule has 3 aromatic rings. The summed E-state index contributed by atoms with van der Waals surface area (Å²) in [5.41, 5.74) is 2.16. The van der Waals surface area contributed by atoms with E-state index in [9.17, 15) is 0 Å². The Labute approximate surface area is 201 Å². The minimum Gasteiger partial charge on any atom is -0.488 e. The molecule has 0 unspecified atom stereocenters. The Balaban J connectivity index is 0.00000272. The van der Waals surface area contributed by atoms with Crippen molar-refractivity contribution in [1.82, 2.24) is 5.32 Å². The molecule has 1 aliphatic rings. The van der Waals surface area contributed by atoms with Crippen LogP contribution in [0, 0.1) is 0 Å². The van der Waals surface area contributed by atoms with Gasteiger partial charge in [0.25, 0.3) is 0 Å². The number of hydrogen-bond acceptors (Lipinski definition) is 2. The zero-order valence-corrected chi connectivity index (χ0v) is 20.0. The molecule has 1 fully saturated rings. The minimum atomic E-state index is 0. The molecule has 0 spiro atoms. The van der Waals surface area contributed by atoms with Gasteiger partial charge in [-0.25, -0.2) is 0 Å². The molecule has 1 aliphatic carbocycles. The third-order valence-electron chi connectivity index (χ3n) is 6.07. The third-order valence-corrected chi connectivity index (χ3v) is 6.66. The van der Waals surface area contributed by atoms with Gasteiger partial charge >= 0.3 is 0 Å². The molecule has 0 amide bonds. The van der Waals surface area contributed by atoms with Gasteiger partial charge in [0, 0.05) is 33.8 Å². The van der Waals surface area contributed by atoms with Crippen LogP contribution in [-0.4, -0.2) is 6.04 Å². The average Bonchev–Trinajstić information content (AvgIpc) is 2.73. The molecule has 0 aliphatic heterocycles. The van der Waals surface area contributed by atoms with Crippen LogP contribution in [-0.2, 0) is 13.2 Å². The highest BCUT2D eigenvalue weighted by atomic mass is 35.5. The van der Waals surface area contributed by atoms with Gasteiger partial charge in [0.05, 0.1) is 0 Å². The van der Waals surface area contributed by atoms with E-state index in [4.69, 9.17) is 27.9 Å². The number of benzene rings is 3. The van der Waals surface area contributed by atoms with Gasteiger partial charge in [0.2, 0.25) is 0 Å². The average molecular weight is 479 g/mol. The molecule has 31 heavy (non-hydrogen) atoms. The van der Waals surface area contributed by atoms with Crippen LogP contribution in [0.5, 0.6) is 5.75 Å². The molecule has 0 saturated heterocycles. The van der Waals surface area contributed by atoms with Crippen LogP contribution in [0.3, 0.4) is 0 Å². The molecular formula is C26H30Cl3NO. The maximum absolute atomic E-state index is 6.35. The van der Waals surface area contributed by atoms with E-state index >= 15 is 0 Å². The minimum absolute atomic E-state index is 0. The summed E-state index contributed by atoms with van der Waals surface area (Å²) in [5.74, 6) is 0.915. The number of nitrogens with one attached hydrogen (secondary N) is 1. The zero-order valence-electron chi connectivity index (χ0n) is 17.7. The molecule has 0 bridgehead atoms. The largest absolute Gasteiger partial charge is 0.488 e. The normalized spacial score (nSPS) is 15.2. The monoisotopic (exact) mass is 477 g/mol. The first-order valence-corrected chi connectivity index (χ1v) is 11.8. The first kappa shape index (κ1) is 24.2. The van der Waals surface area contributed by atoms with Crippen molar-refractivity contribution in [3.8, 4) is 5.75 Å². The molecule has 0 aromatic heterocycles. The van der Waals surface area contributed by atoms with Gasteiger partial charge in [-0.2, -0.15) is 0 Å². The highest BCUT2D eigenvalue weighted by Crippen LogP contribution is 2.30. The Bertz CT molecular complexity index is 984. The van der Waals surface area contributed by atoms with Crippen LogP contribution in [0.2, 0.25) is 10.0 Å². The number of halogens is 3. The molecule has 0 atom stereocenters. The van der Waals surface area contributed by atoms with Gasteiger partial charge in [-0.15, -0.1) is 12.4 Å². The highest BCUT2D eigenvalue weighted by molar-refractivity contribution is 6.35. The number of rotatable bonds is 6. The SMILES string of the molecule is Cl.Clc1ccc(COc2ccc3ccccc3c2CNC2CCCCCCC2)c(Cl)c1. The van der Waals surface area contributed by atoms with Crippen LogP contribution < -0.4 is 10.1 Å². The Morgan fingerprint density at radius 1 is 0.871 bits per heavy atom. The molecule has 5 heteroatoms. The summed E-state index contributed by atoms with van der Waals surface area (Å²) in [5, 5.41) is 7.59. The lowest BCUT2D eigenvalue weighted by Crippen LogP contribution is -2.29. The summed E-state index contributed by atoms with van der Waals surface area (Å²) in [6.45, 7) is 1.24. The maximum Gasteiger partial charge on any atom is 0.124 e. The molecule has 1 N–H and O–H groups in total. The topological polar surface area (TPSA) is 21.3 Å². The molecule has 4 rings (SSSR count). The van der Waals surface area contributed by atoms with E-state index in [1.54, 1.807) is 6.07 Å². The van der Waals surface area contributed by atoms with Crippen LogP contribution in [0.25, 0.3) is 10.8 Å². The second-order valence-corrected chi connectivity index (χ2v) is 9.05. The number of fused-ring (bicyclic) bond motifs is 1. The Morgan fingerprint density at radius 3 is 2.39 bits per heavy atom. The number of ether oxygens (including phenoxy) is 1. The van der Waals surface area contributed by atoms with E-state index in [0.29, 0.717) is 22.7 Å². The fourth-order valence-electron chi connectivity index (χ4n) is 4.33. The summed E-state index contributed by atoms with van der Waals surface area (Å²) in [7, 11) is 0. The van der Waals surface area contributed by atoms with Crippen molar-refractivity contribution in [2.45, 2.75) is 64.1 Å². The lowest BCUT2D eigenvalue weighted by atomic mass is 9.96. The smallest absolute Gasteiger partial charge is 0.124 e. The molecule has 166 valence electrons. The van der Waals surface area contributed by atoms with Crippen LogP contribution in [0.4, 0.5) is 0 Å². The quantitative estimate of drug-likeness (QED) is 0.384. The van der Waals surface area contributed by atoms with E-state index in [-0.39, 0.29) is 12.4 Å². The van der Waals surface area contributed by atoms with Crippen molar-refractivity contribution in [1.29, 1.82) is 0 Å². The van der Waals surface area contributed by atoms with E-state index in [1.165, 1.54) is 61.3 Å². The van der Waals surface area contributed by atoms with Crippen molar-refractivity contribution in [2.24, 2.45) is 0 Å². The summed E-state index contributed by atoms with van der Waals surface area (Å²) >= 11 is 12.4.